The molecule has 1 N–H and O–H groups in total. The van der Waals surface area contributed by atoms with E-state index in [2.05, 4.69) is 5.32 Å². The zero-order chi connectivity index (χ0) is 15.9. The van der Waals surface area contributed by atoms with Gasteiger partial charge in [-0.3, -0.25) is 4.79 Å². The molecule has 0 heterocycles. The van der Waals surface area contributed by atoms with E-state index >= 15 is 0 Å². The van der Waals surface area contributed by atoms with Crippen LogP contribution < -0.4 is 5.32 Å². The summed E-state index contributed by atoms with van der Waals surface area (Å²) in [5.41, 5.74) is 2.97. The van der Waals surface area contributed by atoms with Crippen molar-refractivity contribution in [3.8, 4) is 0 Å². The Morgan fingerprint density at radius 1 is 1.18 bits per heavy atom. The lowest BCUT2D eigenvalue weighted by Crippen LogP contribution is -2.30. The highest BCUT2D eigenvalue weighted by molar-refractivity contribution is 5.78. The summed E-state index contributed by atoms with van der Waals surface area (Å²) in [6.07, 6.45) is 0.0446. The average Bonchev–Trinajstić information content (AvgIpc) is 2.52. The van der Waals surface area contributed by atoms with E-state index in [4.69, 9.17) is 4.74 Å². The largest absolute Gasteiger partial charge is 0.375 e. The van der Waals surface area contributed by atoms with Gasteiger partial charge in [-0.2, -0.15) is 0 Å². The van der Waals surface area contributed by atoms with Crippen molar-refractivity contribution < 1.29 is 13.9 Å². The van der Waals surface area contributed by atoms with Gasteiger partial charge in [-0.15, -0.1) is 0 Å². The van der Waals surface area contributed by atoms with Gasteiger partial charge >= 0.3 is 0 Å². The molecule has 0 unspecified atom stereocenters. The molecule has 0 fully saturated rings. The smallest absolute Gasteiger partial charge is 0.224 e. The summed E-state index contributed by atoms with van der Waals surface area (Å²) in [7, 11) is 1.63. The number of hydrogen-bond acceptors (Lipinski definition) is 2. The second kappa shape index (κ2) is 7.71. The molecule has 0 saturated heterocycles. The number of nitrogens with one attached hydrogen (secondary N) is 1. The van der Waals surface area contributed by atoms with E-state index in [1.165, 1.54) is 12.1 Å². The Morgan fingerprint density at radius 2 is 1.86 bits per heavy atom. The Bertz CT molecular complexity index is 625. The van der Waals surface area contributed by atoms with Gasteiger partial charge in [0.1, 0.15) is 5.82 Å². The van der Waals surface area contributed by atoms with Crippen LogP contribution in [0.25, 0.3) is 0 Å². The first-order chi connectivity index (χ1) is 10.6. The Balaban J connectivity index is 1.91. The lowest BCUT2D eigenvalue weighted by Gasteiger charge is -2.18. The van der Waals surface area contributed by atoms with E-state index in [0.717, 1.165) is 16.7 Å². The minimum atomic E-state index is -0.303. The lowest BCUT2D eigenvalue weighted by atomic mass is 10.0. The molecule has 1 amide bonds. The first-order valence-electron chi connectivity index (χ1n) is 7.19. The van der Waals surface area contributed by atoms with E-state index in [9.17, 15) is 9.18 Å². The molecule has 0 saturated carbocycles. The summed E-state index contributed by atoms with van der Waals surface area (Å²) in [5, 5.41) is 2.86. The number of benzene rings is 2. The normalized spacial score (nSPS) is 12.0. The van der Waals surface area contributed by atoms with Crippen molar-refractivity contribution in [1.82, 2.24) is 5.32 Å². The van der Waals surface area contributed by atoms with Crippen molar-refractivity contribution in [3.05, 3.63) is 71.0 Å². The fraction of sp³-hybridized carbons (Fsp3) is 0.278. The molecule has 0 aliphatic rings. The average molecular weight is 301 g/mol. The number of ether oxygens (including phenoxy) is 1. The Labute approximate surface area is 130 Å². The van der Waals surface area contributed by atoms with Crippen LogP contribution in [-0.2, 0) is 16.0 Å². The molecule has 2 rings (SSSR count). The third-order valence-corrected chi connectivity index (χ3v) is 3.58. The molecule has 0 spiro atoms. The van der Waals surface area contributed by atoms with Crippen LogP contribution in [0.3, 0.4) is 0 Å². The maximum atomic E-state index is 12.8. The quantitative estimate of drug-likeness (QED) is 0.890. The number of methoxy groups -OCH3 is 1. The molecule has 2 aromatic rings. The Morgan fingerprint density at radius 3 is 2.50 bits per heavy atom. The van der Waals surface area contributed by atoms with Crippen molar-refractivity contribution in [1.29, 1.82) is 0 Å². The van der Waals surface area contributed by atoms with Gasteiger partial charge in [0.15, 0.2) is 0 Å². The van der Waals surface area contributed by atoms with Gasteiger partial charge in [-0.05, 0) is 35.7 Å². The topological polar surface area (TPSA) is 38.3 Å². The van der Waals surface area contributed by atoms with Gasteiger partial charge < -0.3 is 10.1 Å². The van der Waals surface area contributed by atoms with Crippen LogP contribution >= 0.6 is 0 Å². The molecule has 1 atom stereocenters. The standard InChI is InChI=1S/C18H20FNO2/c1-13-5-3-4-6-16(13)17(22-2)12-20-18(21)11-14-7-9-15(19)10-8-14/h3-10,17H,11-12H2,1-2H3,(H,20,21)/t17-/m1/s1. The highest BCUT2D eigenvalue weighted by Crippen LogP contribution is 2.19. The van der Waals surface area contributed by atoms with E-state index in [0.29, 0.717) is 6.54 Å². The highest BCUT2D eigenvalue weighted by atomic mass is 19.1. The summed E-state index contributed by atoms with van der Waals surface area (Å²) < 4.78 is 18.3. The molecule has 0 bridgehead atoms. The maximum absolute atomic E-state index is 12.8. The van der Waals surface area contributed by atoms with Crippen molar-refractivity contribution >= 4 is 5.91 Å². The molecule has 0 aromatic heterocycles. The van der Waals surface area contributed by atoms with Crippen LogP contribution in [-0.4, -0.2) is 19.6 Å². The number of hydrogen-bond donors (Lipinski definition) is 1. The number of carbonyl (C=O) groups excluding carboxylic acids is 1. The first-order valence-corrected chi connectivity index (χ1v) is 7.19. The zero-order valence-corrected chi connectivity index (χ0v) is 12.8. The van der Waals surface area contributed by atoms with Crippen LogP contribution in [0.2, 0.25) is 0 Å². The summed E-state index contributed by atoms with van der Waals surface area (Å²) >= 11 is 0. The molecule has 0 aliphatic heterocycles. The van der Waals surface area contributed by atoms with Crippen LogP contribution in [0.4, 0.5) is 4.39 Å². The van der Waals surface area contributed by atoms with Gasteiger partial charge in [0.2, 0.25) is 5.91 Å². The van der Waals surface area contributed by atoms with Gasteiger partial charge in [-0.25, -0.2) is 4.39 Å². The number of carbonyl (C=O) groups is 1. The zero-order valence-electron chi connectivity index (χ0n) is 12.8. The number of rotatable bonds is 6. The van der Waals surface area contributed by atoms with Crippen molar-refractivity contribution in [2.24, 2.45) is 0 Å². The predicted octanol–water partition coefficient (Wildman–Crippen LogP) is 3.18. The van der Waals surface area contributed by atoms with E-state index in [1.807, 2.05) is 31.2 Å². The Kier molecular flexibility index (Phi) is 5.67. The van der Waals surface area contributed by atoms with Crippen LogP contribution in [0.5, 0.6) is 0 Å². The second-order valence-electron chi connectivity index (χ2n) is 5.19. The van der Waals surface area contributed by atoms with E-state index in [-0.39, 0.29) is 24.2 Å². The van der Waals surface area contributed by atoms with Crippen molar-refractivity contribution in [2.75, 3.05) is 13.7 Å². The van der Waals surface area contributed by atoms with Crippen LogP contribution in [0, 0.1) is 12.7 Å². The minimum absolute atomic E-state index is 0.109. The number of halogens is 1. The SMILES string of the molecule is CO[C@H](CNC(=O)Cc1ccc(F)cc1)c1ccccc1C. The summed E-state index contributed by atoms with van der Waals surface area (Å²) in [5.74, 6) is -0.412. The summed E-state index contributed by atoms with van der Waals surface area (Å²) in [6, 6.07) is 13.9. The fourth-order valence-corrected chi connectivity index (χ4v) is 2.32. The first kappa shape index (κ1) is 16.2. The van der Waals surface area contributed by atoms with E-state index in [1.54, 1.807) is 19.2 Å². The van der Waals surface area contributed by atoms with Crippen molar-refractivity contribution in [2.45, 2.75) is 19.4 Å². The molecule has 22 heavy (non-hydrogen) atoms. The molecule has 0 radical (unpaired) electrons. The monoisotopic (exact) mass is 301 g/mol. The molecular formula is C18H20FNO2. The maximum Gasteiger partial charge on any atom is 0.224 e. The predicted molar refractivity (Wildman–Crippen MR) is 84.0 cm³/mol. The minimum Gasteiger partial charge on any atom is -0.375 e. The summed E-state index contributed by atoms with van der Waals surface area (Å²) in [6.45, 7) is 2.42. The molecule has 2 aromatic carbocycles. The third kappa shape index (κ3) is 4.40. The number of amides is 1. The van der Waals surface area contributed by atoms with Gasteiger partial charge in [0.05, 0.1) is 12.5 Å². The second-order valence-corrected chi connectivity index (χ2v) is 5.19. The molecule has 0 aliphatic carbocycles. The fourth-order valence-electron chi connectivity index (χ4n) is 2.32. The lowest BCUT2D eigenvalue weighted by molar-refractivity contribution is -0.121. The van der Waals surface area contributed by atoms with Gasteiger partial charge in [0, 0.05) is 13.7 Å². The van der Waals surface area contributed by atoms with Crippen LogP contribution in [0.1, 0.15) is 22.8 Å². The molecular weight excluding hydrogens is 281 g/mol. The molecule has 3 nitrogen and oxygen atoms in total. The number of aryl methyl sites for hydroxylation is 1. The van der Waals surface area contributed by atoms with Gasteiger partial charge in [-0.1, -0.05) is 36.4 Å². The highest BCUT2D eigenvalue weighted by Gasteiger charge is 2.14. The molecule has 4 heteroatoms. The summed E-state index contributed by atoms with van der Waals surface area (Å²) in [4.78, 5) is 12.0. The van der Waals surface area contributed by atoms with Gasteiger partial charge in [0.25, 0.3) is 0 Å². The van der Waals surface area contributed by atoms with E-state index < -0.39 is 0 Å². The van der Waals surface area contributed by atoms with Crippen molar-refractivity contribution in [3.63, 3.8) is 0 Å². The Hall–Kier alpha value is -2.20. The molecule has 116 valence electrons. The van der Waals surface area contributed by atoms with Crippen LogP contribution in [0.15, 0.2) is 48.5 Å². The third-order valence-electron chi connectivity index (χ3n) is 3.58.